The summed E-state index contributed by atoms with van der Waals surface area (Å²) in [4.78, 5) is 3.56. The van der Waals surface area contributed by atoms with Crippen molar-refractivity contribution in [2.24, 2.45) is 5.92 Å². The molecule has 0 aliphatic carbocycles. The molecule has 4 heteroatoms. The Morgan fingerprint density at radius 2 is 1.93 bits per heavy atom. The number of hydrogen-bond acceptors (Lipinski definition) is 1. The van der Waals surface area contributed by atoms with Gasteiger partial charge in [0, 0.05) is 5.69 Å². The molecular formula is C10H12F3N. The molecule has 1 aromatic heterocycles. The van der Waals surface area contributed by atoms with Crippen LogP contribution in [-0.4, -0.2) is 4.98 Å². The molecule has 0 bridgehead atoms. The Kier molecular flexibility index (Phi) is 3.13. The summed E-state index contributed by atoms with van der Waals surface area (Å²) in [6, 6.07) is 4.01. The molecular weight excluding hydrogens is 191 g/mol. The number of hydrogen-bond donors (Lipinski definition) is 0. The van der Waals surface area contributed by atoms with Crippen LogP contribution in [0.3, 0.4) is 0 Å². The Labute approximate surface area is 81.0 Å². The van der Waals surface area contributed by atoms with E-state index in [9.17, 15) is 13.2 Å². The third kappa shape index (κ3) is 3.01. The molecule has 1 rings (SSSR count). The van der Waals surface area contributed by atoms with Crippen molar-refractivity contribution in [2.45, 2.75) is 26.4 Å². The number of pyridine rings is 1. The van der Waals surface area contributed by atoms with Crippen LogP contribution in [0.1, 0.15) is 25.2 Å². The number of nitrogens with zero attached hydrogens (tertiary/aromatic N) is 1. The second kappa shape index (κ2) is 3.98. The zero-order valence-corrected chi connectivity index (χ0v) is 8.10. The van der Waals surface area contributed by atoms with E-state index >= 15 is 0 Å². The van der Waals surface area contributed by atoms with E-state index in [0.717, 1.165) is 6.07 Å². The molecule has 14 heavy (non-hydrogen) atoms. The highest BCUT2D eigenvalue weighted by molar-refractivity contribution is 5.13. The molecule has 0 atom stereocenters. The molecule has 0 saturated carbocycles. The Bertz CT molecular complexity index is 304. The lowest BCUT2D eigenvalue weighted by Gasteiger charge is -2.08. The Hall–Kier alpha value is -1.06. The topological polar surface area (TPSA) is 12.9 Å². The SMILES string of the molecule is CC(C)Cc1cccc(C(F)(F)F)n1. The maximum atomic E-state index is 12.2. The predicted molar refractivity (Wildman–Crippen MR) is 47.8 cm³/mol. The monoisotopic (exact) mass is 203 g/mol. The lowest BCUT2D eigenvalue weighted by Crippen LogP contribution is -2.09. The van der Waals surface area contributed by atoms with Crippen LogP contribution in [0.2, 0.25) is 0 Å². The van der Waals surface area contributed by atoms with Crippen molar-refractivity contribution in [3.63, 3.8) is 0 Å². The maximum absolute atomic E-state index is 12.2. The number of aromatic nitrogens is 1. The minimum atomic E-state index is -4.34. The zero-order valence-electron chi connectivity index (χ0n) is 8.10. The largest absolute Gasteiger partial charge is 0.433 e. The fourth-order valence-corrected chi connectivity index (χ4v) is 1.17. The van der Waals surface area contributed by atoms with Gasteiger partial charge in [-0.25, -0.2) is 4.98 Å². The van der Waals surface area contributed by atoms with Crippen molar-refractivity contribution in [3.05, 3.63) is 29.6 Å². The van der Waals surface area contributed by atoms with Crippen LogP contribution in [0.25, 0.3) is 0 Å². The summed E-state index contributed by atoms with van der Waals surface area (Å²) in [5.74, 6) is 0.311. The van der Waals surface area contributed by atoms with Crippen LogP contribution in [0.4, 0.5) is 13.2 Å². The molecule has 78 valence electrons. The van der Waals surface area contributed by atoms with E-state index in [1.54, 1.807) is 6.07 Å². The molecule has 1 heterocycles. The van der Waals surface area contributed by atoms with Crippen LogP contribution in [0.5, 0.6) is 0 Å². The normalized spacial score (nSPS) is 12.1. The van der Waals surface area contributed by atoms with Gasteiger partial charge in [-0.2, -0.15) is 13.2 Å². The molecule has 0 saturated heterocycles. The molecule has 1 aromatic rings. The van der Waals surface area contributed by atoms with Gasteiger partial charge < -0.3 is 0 Å². The van der Waals surface area contributed by atoms with Crippen LogP contribution in [-0.2, 0) is 12.6 Å². The van der Waals surface area contributed by atoms with Crippen molar-refractivity contribution in [2.75, 3.05) is 0 Å². The summed E-state index contributed by atoms with van der Waals surface area (Å²) >= 11 is 0. The van der Waals surface area contributed by atoms with E-state index in [-0.39, 0.29) is 0 Å². The van der Waals surface area contributed by atoms with E-state index in [2.05, 4.69) is 4.98 Å². The number of halogens is 3. The molecule has 0 N–H and O–H groups in total. The van der Waals surface area contributed by atoms with Crippen molar-refractivity contribution < 1.29 is 13.2 Å². The average molecular weight is 203 g/mol. The summed E-state index contributed by atoms with van der Waals surface area (Å²) < 4.78 is 36.7. The molecule has 1 nitrogen and oxygen atoms in total. The third-order valence-electron chi connectivity index (χ3n) is 1.71. The lowest BCUT2D eigenvalue weighted by molar-refractivity contribution is -0.141. The van der Waals surface area contributed by atoms with Crippen molar-refractivity contribution in [3.8, 4) is 0 Å². The fourth-order valence-electron chi connectivity index (χ4n) is 1.17. The highest BCUT2D eigenvalue weighted by atomic mass is 19.4. The molecule has 0 spiro atoms. The quantitative estimate of drug-likeness (QED) is 0.718. The van der Waals surface area contributed by atoms with Gasteiger partial charge in [0.25, 0.3) is 0 Å². The third-order valence-corrected chi connectivity index (χ3v) is 1.71. The van der Waals surface area contributed by atoms with E-state index in [4.69, 9.17) is 0 Å². The van der Waals surface area contributed by atoms with Crippen LogP contribution in [0.15, 0.2) is 18.2 Å². The lowest BCUT2D eigenvalue weighted by atomic mass is 10.1. The Morgan fingerprint density at radius 1 is 1.29 bits per heavy atom. The molecule has 0 aliphatic heterocycles. The molecule has 0 unspecified atom stereocenters. The minimum absolute atomic E-state index is 0.311. The number of rotatable bonds is 2. The summed E-state index contributed by atoms with van der Waals surface area (Å²) in [5, 5.41) is 0. The van der Waals surface area contributed by atoms with Gasteiger partial charge in [0.1, 0.15) is 5.69 Å². The standard InChI is InChI=1S/C10H12F3N/c1-7(2)6-8-4-3-5-9(14-8)10(11,12)13/h3-5,7H,6H2,1-2H3. The first-order valence-corrected chi connectivity index (χ1v) is 4.42. The number of alkyl halides is 3. The highest BCUT2D eigenvalue weighted by Gasteiger charge is 2.32. The van der Waals surface area contributed by atoms with Gasteiger partial charge in [0.2, 0.25) is 0 Å². The summed E-state index contributed by atoms with van der Waals surface area (Å²) in [5.41, 5.74) is -0.314. The molecule has 0 aromatic carbocycles. The second-order valence-electron chi connectivity index (χ2n) is 3.61. The van der Waals surface area contributed by atoms with Gasteiger partial charge in [-0.1, -0.05) is 19.9 Å². The van der Waals surface area contributed by atoms with E-state index in [0.29, 0.717) is 18.0 Å². The van der Waals surface area contributed by atoms with Crippen molar-refractivity contribution in [1.29, 1.82) is 0 Å². The van der Waals surface area contributed by atoms with Gasteiger partial charge in [0.15, 0.2) is 0 Å². The Balaban J connectivity index is 2.90. The average Bonchev–Trinajstić information content (AvgIpc) is 2.01. The maximum Gasteiger partial charge on any atom is 0.433 e. The van der Waals surface area contributed by atoms with Gasteiger partial charge >= 0.3 is 6.18 Å². The van der Waals surface area contributed by atoms with Gasteiger partial charge in [-0.3, -0.25) is 0 Å². The van der Waals surface area contributed by atoms with E-state index in [1.165, 1.54) is 6.07 Å². The second-order valence-corrected chi connectivity index (χ2v) is 3.61. The molecule has 0 aliphatic rings. The van der Waals surface area contributed by atoms with Crippen molar-refractivity contribution in [1.82, 2.24) is 4.98 Å². The summed E-state index contributed by atoms with van der Waals surface area (Å²) in [6.07, 6.45) is -3.77. The predicted octanol–water partition coefficient (Wildman–Crippen LogP) is 3.30. The molecule has 0 radical (unpaired) electrons. The van der Waals surface area contributed by atoms with Crippen LogP contribution >= 0.6 is 0 Å². The van der Waals surface area contributed by atoms with E-state index < -0.39 is 11.9 Å². The van der Waals surface area contributed by atoms with Gasteiger partial charge in [-0.05, 0) is 24.5 Å². The smallest absolute Gasteiger partial charge is 0.248 e. The zero-order chi connectivity index (χ0) is 10.8. The Morgan fingerprint density at radius 3 is 2.43 bits per heavy atom. The fraction of sp³-hybridized carbons (Fsp3) is 0.500. The van der Waals surface area contributed by atoms with E-state index in [1.807, 2.05) is 13.8 Å². The summed E-state index contributed by atoms with van der Waals surface area (Å²) in [6.45, 7) is 3.89. The first-order chi connectivity index (χ1) is 6.39. The minimum Gasteiger partial charge on any atom is -0.248 e. The van der Waals surface area contributed by atoms with Crippen LogP contribution < -0.4 is 0 Å². The van der Waals surface area contributed by atoms with Crippen molar-refractivity contribution >= 4 is 0 Å². The first kappa shape index (κ1) is 11.0. The highest BCUT2D eigenvalue weighted by Crippen LogP contribution is 2.27. The summed E-state index contributed by atoms with van der Waals surface area (Å²) in [7, 11) is 0. The van der Waals surface area contributed by atoms with Gasteiger partial charge in [-0.15, -0.1) is 0 Å². The van der Waals surface area contributed by atoms with Gasteiger partial charge in [0.05, 0.1) is 0 Å². The van der Waals surface area contributed by atoms with Crippen LogP contribution in [0, 0.1) is 5.92 Å². The molecule has 0 amide bonds. The molecule has 0 fully saturated rings. The first-order valence-electron chi connectivity index (χ1n) is 4.42.